The zero-order valence-corrected chi connectivity index (χ0v) is 17.2. The van der Waals surface area contributed by atoms with Gasteiger partial charge in [-0.25, -0.2) is 0 Å². The van der Waals surface area contributed by atoms with Crippen LogP contribution in [-0.2, 0) is 0 Å². The van der Waals surface area contributed by atoms with Crippen LogP contribution in [0, 0.1) is 6.92 Å². The number of hydrogen-bond donors (Lipinski definition) is 4. The lowest BCUT2D eigenvalue weighted by Gasteiger charge is -2.11. The molecule has 0 aliphatic heterocycles. The third-order valence-corrected chi connectivity index (χ3v) is 4.86. The Hall–Kier alpha value is -3.92. The molecule has 4 nitrogen and oxygen atoms in total. The third-order valence-electron chi connectivity index (χ3n) is 4.86. The van der Waals surface area contributed by atoms with E-state index < -0.39 is 0 Å². The van der Waals surface area contributed by atoms with Crippen molar-refractivity contribution in [2.24, 2.45) is 0 Å². The molecule has 0 bridgehead atoms. The van der Waals surface area contributed by atoms with E-state index in [1.165, 1.54) is 5.56 Å². The minimum Gasteiger partial charge on any atom is -0.388 e. The third kappa shape index (κ3) is 5.11. The van der Waals surface area contributed by atoms with Gasteiger partial charge in [-0.2, -0.15) is 0 Å². The van der Waals surface area contributed by atoms with E-state index >= 15 is 0 Å². The fourth-order valence-electron chi connectivity index (χ4n) is 3.13. The Bertz CT molecular complexity index is 1070. The molecule has 150 valence electrons. The molecule has 0 aliphatic carbocycles. The second-order valence-corrected chi connectivity index (χ2v) is 7.22. The molecule has 0 fully saturated rings. The molecule has 4 aromatic carbocycles. The summed E-state index contributed by atoms with van der Waals surface area (Å²) < 4.78 is 0. The van der Waals surface area contributed by atoms with Gasteiger partial charge in [-0.1, -0.05) is 17.7 Å². The fourth-order valence-corrected chi connectivity index (χ4v) is 3.13. The molecule has 0 radical (unpaired) electrons. The van der Waals surface area contributed by atoms with Gasteiger partial charge in [-0.15, -0.1) is 0 Å². The van der Waals surface area contributed by atoms with E-state index in [-0.39, 0.29) is 0 Å². The quantitative estimate of drug-likeness (QED) is 0.266. The highest BCUT2D eigenvalue weighted by Gasteiger charge is 1.99. The van der Waals surface area contributed by atoms with Crippen LogP contribution >= 0.6 is 0 Å². The van der Waals surface area contributed by atoms with Crippen molar-refractivity contribution in [3.8, 4) is 0 Å². The predicted octanol–water partition coefficient (Wildman–Crippen LogP) is 7.27. The lowest BCUT2D eigenvalue weighted by molar-refractivity contribution is 1.45. The maximum Gasteiger partial charge on any atom is 0.0385 e. The molecule has 0 atom stereocenters. The molecule has 0 saturated carbocycles. The second-order valence-electron chi connectivity index (χ2n) is 7.22. The van der Waals surface area contributed by atoms with Crippen LogP contribution in [0.25, 0.3) is 0 Å². The molecule has 4 rings (SSSR count). The zero-order chi connectivity index (χ0) is 20.8. The van der Waals surface area contributed by atoms with Gasteiger partial charge < -0.3 is 21.3 Å². The van der Waals surface area contributed by atoms with Gasteiger partial charge in [0.25, 0.3) is 0 Å². The second kappa shape index (κ2) is 9.05. The van der Waals surface area contributed by atoms with Crippen LogP contribution < -0.4 is 21.3 Å². The van der Waals surface area contributed by atoms with Gasteiger partial charge in [0.2, 0.25) is 0 Å². The Labute approximate surface area is 178 Å². The first-order valence-corrected chi connectivity index (χ1v) is 10.0. The Morgan fingerprint density at radius 1 is 0.367 bits per heavy atom. The molecule has 0 aromatic heterocycles. The molecule has 30 heavy (non-hydrogen) atoms. The predicted molar refractivity (Wildman–Crippen MR) is 130 cm³/mol. The molecule has 0 amide bonds. The van der Waals surface area contributed by atoms with Crippen LogP contribution in [0.15, 0.2) is 97.1 Å². The van der Waals surface area contributed by atoms with E-state index in [2.05, 4.69) is 125 Å². The fraction of sp³-hybridized carbons (Fsp3) is 0.0769. The van der Waals surface area contributed by atoms with E-state index in [4.69, 9.17) is 0 Å². The number of anilines is 7. The van der Waals surface area contributed by atoms with Crippen molar-refractivity contribution in [1.29, 1.82) is 0 Å². The molecule has 4 N–H and O–H groups in total. The maximum atomic E-state index is 3.44. The average Bonchev–Trinajstić information content (AvgIpc) is 2.78. The molecule has 0 spiro atoms. The molecule has 4 heteroatoms. The number of hydrogen-bond acceptors (Lipinski definition) is 4. The van der Waals surface area contributed by atoms with Crippen molar-refractivity contribution >= 4 is 39.8 Å². The molecule has 0 aliphatic rings. The first kappa shape index (κ1) is 19.4. The normalized spacial score (nSPS) is 10.3. The van der Waals surface area contributed by atoms with Gasteiger partial charge >= 0.3 is 0 Å². The van der Waals surface area contributed by atoms with Crippen LogP contribution in [0.3, 0.4) is 0 Å². The summed E-state index contributed by atoms with van der Waals surface area (Å²) in [4.78, 5) is 0. The summed E-state index contributed by atoms with van der Waals surface area (Å²) in [6, 6.07) is 33.2. The number of aryl methyl sites for hydroxylation is 1. The van der Waals surface area contributed by atoms with E-state index in [9.17, 15) is 0 Å². The highest BCUT2D eigenvalue weighted by atomic mass is 14.9. The maximum absolute atomic E-state index is 3.44. The van der Waals surface area contributed by atoms with Crippen LogP contribution in [0.5, 0.6) is 0 Å². The minimum atomic E-state index is 1.05. The standard InChI is InChI=1S/C26H26N4/c1-19-3-5-21(6-4-19)28-23-11-13-25(14-12-23)30-26-17-15-24(16-18-26)29-22-9-7-20(27-2)8-10-22/h3-18,27-30H,1-2H3. The summed E-state index contributed by atoms with van der Waals surface area (Å²) in [5, 5.41) is 13.4. The van der Waals surface area contributed by atoms with E-state index in [0.717, 1.165) is 39.8 Å². The monoisotopic (exact) mass is 394 g/mol. The molecule has 0 unspecified atom stereocenters. The van der Waals surface area contributed by atoms with E-state index in [1.807, 2.05) is 7.05 Å². The zero-order valence-electron chi connectivity index (χ0n) is 17.2. The van der Waals surface area contributed by atoms with Crippen molar-refractivity contribution in [3.63, 3.8) is 0 Å². The van der Waals surface area contributed by atoms with Crippen molar-refractivity contribution in [2.45, 2.75) is 6.92 Å². The Morgan fingerprint density at radius 3 is 0.867 bits per heavy atom. The summed E-state index contributed by atoms with van der Waals surface area (Å²) in [5.41, 5.74) is 8.71. The topological polar surface area (TPSA) is 48.1 Å². The molecule has 0 saturated heterocycles. The van der Waals surface area contributed by atoms with Crippen LogP contribution in [0.4, 0.5) is 39.8 Å². The molecule has 4 aromatic rings. The highest BCUT2D eigenvalue weighted by Crippen LogP contribution is 2.24. The summed E-state index contributed by atoms with van der Waals surface area (Å²) >= 11 is 0. The largest absolute Gasteiger partial charge is 0.388 e. The van der Waals surface area contributed by atoms with Gasteiger partial charge in [0, 0.05) is 46.9 Å². The Kier molecular flexibility index (Phi) is 5.85. The summed E-state index contributed by atoms with van der Waals surface area (Å²) in [6.45, 7) is 2.09. The van der Waals surface area contributed by atoms with Crippen molar-refractivity contribution in [3.05, 3.63) is 103 Å². The summed E-state index contributed by atoms with van der Waals surface area (Å²) in [5.74, 6) is 0. The first-order valence-electron chi connectivity index (χ1n) is 10.0. The van der Waals surface area contributed by atoms with Crippen LogP contribution in [0.2, 0.25) is 0 Å². The highest BCUT2D eigenvalue weighted by molar-refractivity contribution is 5.69. The van der Waals surface area contributed by atoms with Gasteiger partial charge in [0.05, 0.1) is 0 Å². The lowest BCUT2D eigenvalue weighted by Crippen LogP contribution is -1.94. The number of nitrogens with one attached hydrogen (secondary N) is 4. The summed E-state index contributed by atoms with van der Waals surface area (Å²) in [7, 11) is 1.92. The van der Waals surface area contributed by atoms with Gasteiger partial charge in [-0.3, -0.25) is 0 Å². The first-order chi connectivity index (χ1) is 14.7. The van der Waals surface area contributed by atoms with Crippen LogP contribution in [0.1, 0.15) is 5.56 Å². The van der Waals surface area contributed by atoms with E-state index in [0.29, 0.717) is 0 Å². The van der Waals surface area contributed by atoms with Crippen molar-refractivity contribution in [1.82, 2.24) is 0 Å². The Morgan fingerprint density at radius 2 is 0.600 bits per heavy atom. The van der Waals surface area contributed by atoms with Gasteiger partial charge in [0.1, 0.15) is 0 Å². The Balaban J connectivity index is 1.35. The minimum absolute atomic E-state index is 1.05. The van der Waals surface area contributed by atoms with Crippen molar-refractivity contribution < 1.29 is 0 Å². The molecular formula is C26H26N4. The van der Waals surface area contributed by atoms with E-state index in [1.54, 1.807) is 0 Å². The molecule has 0 heterocycles. The van der Waals surface area contributed by atoms with Crippen LogP contribution in [-0.4, -0.2) is 7.05 Å². The molecular weight excluding hydrogens is 368 g/mol. The van der Waals surface area contributed by atoms with Crippen molar-refractivity contribution in [2.75, 3.05) is 28.3 Å². The smallest absolute Gasteiger partial charge is 0.0385 e. The number of rotatable bonds is 7. The lowest BCUT2D eigenvalue weighted by atomic mass is 10.2. The van der Waals surface area contributed by atoms with Gasteiger partial charge in [-0.05, 0) is 91.9 Å². The SMILES string of the molecule is CNc1ccc(Nc2ccc(Nc3ccc(Nc4ccc(C)cc4)cc3)cc2)cc1. The number of benzene rings is 4. The van der Waals surface area contributed by atoms with Gasteiger partial charge in [0.15, 0.2) is 0 Å². The summed E-state index contributed by atoms with van der Waals surface area (Å²) in [6.07, 6.45) is 0. The average molecular weight is 395 g/mol.